The fourth-order valence-electron chi connectivity index (χ4n) is 4.49. The highest BCUT2D eigenvalue weighted by molar-refractivity contribution is 6.04. The summed E-state index contributed by atoms with van der Waals surface area (Å²) in [4.78, 5) is 35.2. The number of aromatic amines is 1. The van der Waals surface area contributed by atoms with Crippen LogP contribution in [0.1, 0.15) is 36.2 Å². The monoisotopic (exact) mass is 421 g/mol. The smallest absolute Gasteiger partial charge is 0.274 e. The zero-order chi connectivity index (χ0) is 21.3. The van der Waals surface area contributed by atoms with Gasteiger partial charge in [-0.3, -0.25) is 14.6 Å². The third-order valence-electron chi connectivity index (χ3n) is 6.14. The van der Waals surface area contributed by atoms with E-state index in [4.69, 9.17) is 9.47 Å². The lowest BCUT2D eigenvalue weighted by Gasteiger charge is -2.45. The van der Waals surface area contributed by atoms with Gasteiger partial charge in [-0.2, -0.15) is 5.10 Å². The van der Waals surface area contributed by atoms with E-state index in [1.54, 1.807) is 47.8 Å². The van der Waals surface area contributed by atoms with Crippen molar-refractivity contribution in [2.75, 3.05) is 19.7 Å². The van der Waals surface area contributed by atoms with Crippen LogP contribution in [0.4, 0.5) is 0 Å². The Balaban J connectivity index is 1.27. The number of aromatic nitrogens is 4. The fraction of sp³-hybridized carbons (Fsp3) is 0.409. The van der Waals surface area contributed by atoms with E-state index < -0.39 is 0 Å². The van der Waals surface area contributed by atoms with Gasteiger partial charge in [-0.15, -0.1) is 0 Å². The molecule has 31 heavy (non-hydrogen) atoms. The zero-order valence-corrected chi connectivity index (χ0v) is 17.0. The van der Waals surface area contributed by atoms with Crippen molar-refractivity contribution in [3.63, 3.8) is 0 Å². The van der Waals surface area contributed by atoms with Gasteiger partial charge in [0.15, 0.2) is 5.69 Å². The second-order valence-electron chi connectivity index (χ2n) is 8.05. The molecule has 0 bridgehead atoms. The van der Waals surface area contributed by atoms with Gasteiger partial charge in [0.2, 0.25) is 5.88 Å². The molecule has 4 heterocycles. The van der Waals surface area contributed by atoms with Crippen LogP contribution in [0.15, 0.2) is 47.7 Å². The number of likely N-dealkylation sites (tertiary alicyclic amines) is 1. The van der Waals surface area contributed by atoms with Crippen molar-refractivity contribution in [2.45, 2.75) is 37.4 Å². The van der Waals surface area contributed by atoms with Crippen LogP contribution in [-0.2, 0) is 4.74 Å². The molecule has 1 atom stereocenters. The largest absolute Gasteiger partial charge is 0.473 e. The summed E-state index contributed by atoms with van der Waals surface area (Å²) in [6, 6.07) is 7.04. The zero-order valence-electron chi connectivity index (χ0n) is 17.0. The van der Waals surface area contributed by atoms with Crippen LogP contribution < -0.4 is 10.3 Å². The van der Waals surface area contributed by atoms with E-state index in [1.165, 1.54) is 0 Å². The van der Waals surface area contributed by atoms with Gasteiger partial charge in [0.05, 0.1) is 23.8 Å². The number of hydrogen-bond acceptors (Lipinski definition) is 7. The van der Waals surface area contributed by atoms with Crippen molar-refractivity contribution >= 4 is 16.7 Å². The first-order valence-corrected chi connectivity index (χ1v) is 10.5. The van der Waals surface area contributed by atoms with Crippen LogP contribution >= 0.6 is 0 Å². The van der Waals surface area contributed by atoms with Gasteiger partial charge in [-0.1, -0.05) is 18.2 Å². The average molecular weight is 421 g/mol. The topological polar surface area (TPSA) is 110 Å². The predicted octanol–water partition coefficient (Wildman–Crippen LogP) is 1.95. The van der Waals surface area contributed by atoms with Crippen LogP contribution in [0.3, 0.4) is 0 Å². The Morgan fingerprint density at radius 3 is 2.77 bits per heavy atom. The van der Waals surface area contributed by atoms with Crippen molar-refractivity contribution in [3.05, 3.63) is 58.9 Å². The maximum Gasteiger partial charge on any atom is 0.274 e. The number of rotatable bonds is 3. The van der Waals surface area contributed by atoms with E-state index >= 15 is 0 Å². The highest BCUT2D eigenvalue weighted by Crippen LogP contribution is 2.36. The summed E-state index contributed by atoms with van der Waals surface area (Å²) in [5, 5.41) is 7.53. The number of benzene rings is 1. The number of ether oxygens (including phenoxy) is 2. The van der Waals surface area contributed by atoms with Gasteiger partial charge in [0, 0.05) is 43.7 Å². The molecule has 9 heteroatoms. The van der Waals surface area contributed by atoms with E-state index in [0.717, 1.165) is 25.7 Å². The van der Waals surface area contributed by atoms with Crippen molar-refractivity contribution in [2.24, 2.45) is 0 Å². The second-order valence-corrected chi connectivity index (χ2v) is 8.05. The molecular weight excluding hydrogens is 398 g/mol. The average Bonchev–Trinajstić information content (AvgIpc) is 2.80. The predicted molar refractivity (Wildman–Crippen MR) is 112 cm³/mol. The van der Waals surface area contributed by atoms with Crippen molar-refractivity contribution in [1.82, 2.24) is 25.1 Å². The molecule has 0 radical (unpaired) electrons. The molecule has 1 spiro atoms. The number of piperidine rings is 1. The Morgan fingerprint density at radius 2 is 2.00 bits per heavy atom. The van der Waals surface area contributed by atoms with Gasteiger partial charge < -0.3 is 14.4 Å². The summed E-state index contributed by atoms with van der Waals surface area (Å²) in [7, 11) is 0. The molecule has 2 aliphatic heterocycles. The molecule has 0 aliphatic carbocycles. The molecule has 1 aromatic carbocycles. The number of carbonyl (C=O) groups is 1. The third-order valence-corrected chi connectivity index (χ3v) is 6.14. The van der Waals surface area contributed by atoms with Crippen LogP contribution in [-0.4, -0.2) is 62.4 Å². The summed E-state index contributed by atoms with van der Waals surface area (Å²) in [6.07, 6.45) is 7.86. The normalized spacial score (nSPS) is 20.6. The minimum atomic E-state index is -0.303. The summed E-state index contributed by atoms with van der Waals surface area (Å²) in [5.74, 6) is 0.346. The molecule has 160 valence electrons. The first kappa shape index (κ1) is 19.6. The summed E-state index contributed by atoms with van der Waals surface area (Å²) < 4.78 is 12.2. The second kappa shape index (κ2) is 8.07. The highest BCUT2D eigenvalue weighted by Gasteiger charge is 2.42. The number of carbonyl (C=O) groups excluding carboxylic acids is 1. The summed E-state index contributed by atoms with van der Waals surface area (Å²) in [5.41, 5.74) is -0.323. The van der Waals surface area contributed by atoms with Gasteiger partial charge >= 0.3 is 0 Å². The third kappa shape index (κ3) is 3.88. The Morgan fingerprint density at radius 1 is 1.19 bits per heavy atom. The SMILES string of the molecule is O=C(c1n[nH]c(=O)c2ccccc12)N1CCC2(CC1)CC(Oc1cnccn1)CCO2. The van der Waals surface area contributed by atoms with Crippen LogP contribution in [0.25, 0.3) is 10.8 Å². The Kier molecular flexibility index (Phi) is 5.11. The van der Waals surface area contributed by atoms with E-state index in [-0.39, 0.29) is 28.9 Å². The molecular formula is C22H23N5O4. The Labute approximate surface area is 178 Å². The lowest BCUT2D eigenvalue weighted by atomic mass is 9.83. The summed E-state index contributed by atoms with van der Waals surface area (Å²) >= 11 is 0. The number of amides is 1. The Bertz CT molecular complexity index is 1140. The van der Waals surface area contributed by atoms with Crippen molar-refractivity contribution in [1.29, 1.82) is 0 Å². The standard InChI is InChI=1S/C22H23N5O4/c28-20-17-4-2-1-3-16(17)19(25-26-20)21(29)27-10-6-22(7-11-27)13-15(5-12-30-22)31-18-14-23-8-9-24-18/h1-4,8-9,14-15H,5-7,10-13H2,(H,26,28). The highest BCUT2D eigenvalue weighted by atomic mass is 16.5. The maximum atomic E-state index is 13.2. The van der Waals surface area contributed by atoms with Crippen molar-refractivity contribution in [3.8, 4) is 5.88 Å². The molecule has 2 aliphatic rings. The number of fused-ring (bicyclic) bond motifs is 1. The molecule has 1 amide bonds. The van der Waals surface area contributed by atoms with Crippen LogP contribution in [0, 0.1) is 0 Å². The summed E-state index contributed by atoms with van der Waals surface area (Å²) in [6.45, 7) is 1.74. The maximum absolute atomic E-state index is 13.2. The van der Waals surface area contributed by atoms with Gasteiger partial charge in [-0.25, -0.2) is 10.1 Å². The quantitative estimate of drug-likeness (QED) is 0.688. The number of H-pyrrole nitrogens is 1. The first-order chi connectivity index (χ1) is 15.1. The number of nitrogens with one attached hydrogen (secondary N) is 1. The minimum Gasteiger partial charge on any atom is -0.473 e. The van der Waals surface area contributed by atoms with E-state index in [2.05, 4.69) is 20.2 Å². The molecule has 5 rings (SSSR count). The van der Waals surface area contributed by atoms with Crippen LogP contribution in [0.2, 0.25) is 0 Å². The first-order valence-electron chi connectivity index (χ1n) is 10.5. The number of nitrogens with zero attached hydrogens (tertiary/aromatic N) is 4. The van der Waals surface area contributed by atoms with Gasteiger partial charge in [-0.05, 0) is 18.9 Å². The number of hydrogen-bond donors (Lipinski definition) is 1. The van der Waals surface area contributed by atoms with Crippen molar-refractivity contribution < 1.29 is 14.3 Å². The van der Waals surface area contributed by atoms with Crippen LogP contribution in [0.5, 0.6) is 5.88 Å². The lowest BCUT2D eigenvalue weighted by molar-refractivity contribution is -0.135. The molecule has 0 saturated carbocycles. The molecule has 1 unspecified atom stereocenters. The van der Waals surface area contributed by atoms with E-state index in [0.29, 0.717) is 36.3 Å². The van der Waals surface area contributed by atoms with Gasteiger partial charge in [0.25, 0.3) is 11.5 Å². The Hall–Kier alpha value is -3.33. The molecule has 2 saturated heterocycles. The minimum absolute atomic E-state index is 0.0116. The molecule has 2 aromatic heterocycles. The fourth-order valence-corrected chi connectivity index (χ4v) is 4.49. The molecule has 2 fully saturated rings. The molecule has 1 N–H and O–H groups in total. The molecule has 9 nitrogen and oxygen atoms in total. The molecule has 3 aromatic rings. The lowest BCUT2D eigenvalue weighted by Crippen LogP contribution is -2.52. The van der Waals surface area contributed by atoms with E-state index in [9.17, 15) is 9.59 Å². The van der Waals surface area contributed by atoms with Gasteiger partial charge in [0.1, 0.15) is 6.10 Å². The van der Waals surface area contributed by atoms with E-state index in [1.807, 2.05) is 0 Å².